The maximum absolute atomic E-state index is 4.71. The zero-order valence-electron chi connectivity index (χ0n) is 15.6. The van der Waals surface area contributed by atoms with Crippen LogP contribution in [0.4, 0.5) is 0 Å². The van der Waals surface area contributed by atoms with Gasteiger partial charge in [0.2, 0.25) is 0 Å². The largest absolute Gasteiger partial charge is 0.357 e. The summed E-state index contributed by atoms with van der Waals surface area (Å²) in [6.45, 7) is 11.8. The van der Waals surface area contributed by atoms with Gasteiger partial charge in [-0.15, -0.1) is 24.0 Å². The number of nitrogens with zero attached hydrogens (tertiary/aromatic N) is 2. The molecule has 3 N–H and O–H groups in total. The fourth-order valence-corrected chi connectivity index (χ4v) is 2.42. The summed E-state index contributed by atoms with van der Waals surface area (Å²) in [7, 11) is 0. The molecule has 2 aromatic rings. The lowest BCUT2D eigenvalue weighted by Crippen LogP contribution is -2.44. The summed E-state index contributed by atoms with van der Waals surface area (Å²) in [5, 5.41) is 11.3. The number of guanidine groups is 1. The number of nitrogens with one attached hydrogen (secondary N) is 3. The number of aliphatic imine (C=N–C) groups is 1. The van der Waals surface area contributed by atoms with Gasteiger partial charge >= 0.3 is 0 Å². The predicted octanol–water partition coefficient (Wildman–Crippen LogP) is 3.30. The Morgan fingerprint density at radius 1 is 1.08 bits per heavy atom. The average Bonchev–Trinajstić information content (AvgIpc) is 2.55. The van der Waals surface area contributed by atoms with Crippen LogP contribution in [0, 0.1) is 0 Å². The molecule has 25 heavy (non-hydrogen) atoms. The quantitative estimate of drug-likeness (QED) is 0.271. The summed E-state index contributed by atoms with van der Waals surface area (Å²) < 4.78 is 0. The first kappa shape index (κ1) is 21.6. The summed E-state index contributed by atoms with van der Waals surface area (Å²) in [6, 6.07) is 10.2. The second kappa shape index (κ2) is 10.6. The zero-order valence-corrected chi connectivity index (χ0v) is 17.9. The monoisotopic (exact) mass is 455 g/mol. The highest BCUT2D eigenvalue weighted by atomic mass is 127. The Morgan fingerprint density at radius 2 is 1.84 bits per heavy atom. The summed E-state index contributed by atoms with van der Waals surface area (Å²) in [6.07, 6.45) is 1.85. The third-order valence-corrected chi connectivity index (χ3v) is 3.56. The van der Waals surface area contributed by atoms with E-state index in [0.29, 0.717) is 6.54 Å². The molecular formula is C19H30IN5. The molecule has 0 fully saturated rings. The van der Waals surface area contributed by atoms with Crippen molar-refractivity contribution in [3.8, 4) is 0 Å². The number of rotatable bonds is 6. The van der Waals surface area contributed by atoms with E-state index in [2.05, 4.69) is 54.7 Å². The van der Waals surface area contributed by atoms with E-state index in [-0.39, 0.29) is 29.5 Å². The SMILES string of the molecule is CCNC(=NCc1ccnc2ccccc12)NCCNC(C)(C)C.I. The highest BCUT2D eigenvalue weighted by Crippen LogP contribution is 2.16. The maximum atomic E-state index is 4.71. The van der Waals surface area contributed by atoms with Crippen molar-refractivity contribution in [2.45, 2.75) is 39.8 Å². The Bertz CT molecular complexity index is 674. The molecule has 0 saturated heterocycles. The van der Waals surface area contributed by atoms with Gasteiger partial charge in [-0.1, -0.05) is 18.2 Å². The second-order valence-electron chi connectivity index (χ2n) is 6.79. The van der Waals surface area contributed by atoms with Crippen molar-refractivity contribution < 1.29 is 0 Å². The summed E-state index contributed by atoms with van der Waals surface area (Å²) >= 11 is 0. The van der Waals surface area contributed by atoms with E-state index in [1.807, 2.05) is 30.5 Å². The van der Waals surface area contributed by atoms with Crippen molar-refractivity contribution in [2.75, 3.05) is 19.6 Å². The van der Waals surface area contributed by atoms with Crippen molar-refractivity contribution in [2.24, 2.45) is 4.99 Å². The van der Waals surface area contributed by atoms with Crippen molar-refractivity contribution >= 4 is 40.8 Å². The van der Waals surface area contributed by atoms with Gasteiger partial charge in [0, 0.05) is 36.8 Å². The highest BCUT2D eigenvalue weighted by molar-refractivity contribution is 14.0. The molecule has 0 radical (unpaired) electrons. The molecule has 0 bridgehead atoms. The Balaban J connectivity index is 0.00000312. The zero-order chi connectivity index (χ0) is 17.4. The number of pyridine rings is 1. The summed E-state index contributed by atoms with van der Waals surface area (Å²) in [5.74, 6) is 0.842. The van der Waals surface area contributed by atoms with Gasteiger partial charge in [0.1, 0.15) is 0 Å². The number of hydrogen-bond donors (Lipinski definition) is 3. The van der Waals surface area contributed by atoms with E-state index in [1.165, 1.54) is 5.56 Å². The number of benzene rings is 1. The normalized spacial score (nSPS) is 11.9. The second-order valence-corrected chi connectivity index (χ2v) is 6.79. The van der Waals surface area contributed by atoms with Crippen LogP contribution < -0.4 is 16.0 Å². The smallest absolute Gasteiger partial charge is 0.191 e. The topological polar surface area (TPSA) is 61.3 Å². The van der Waals surface area contributed by atoms with E-state index in [0.717, 1.165) is 36.5 Å². The molecule has 1 heterocycles. The van der Waals surface area contributed by atoms with E-state index in [1.54, 1.807) is 0 Å². The molecule has 5 nitrogen and oxygen atoms in total. The minimum atomic E-state index is 0. The molecule has 1 aromatic carbocycles. The Labute approximate surface area is 168 Å². The third-order valence-electron chi connectivity index (χ3n) is 3.56. The Hall–Kier alpha value is -1.41. The molecule has 138 valence electrons. The molecule has 0 aliphatic heterocycles. The van der Waals surface area contributed by atoms with Crippen LogP contribution in [0.15, 0.2) is 41.5 Å². The summed E-state index contributed by atoms with van der Waals surface area (Å²) in [4.78, 5) is 9.11. The molecule has 0 saturated carbocycles. The average molecular weight is 455 g/mol. The fourth-order valence-electron chi connectivity index (χ4n) is 2.42. The number of hydrogen-bond acceptors (Lipinski definition) is 3. The fraction of sp³-hybridized carbons (Fsp3) is 0.474. The first-order valence-electron chi connectivity index (χ1n) is 8.59. The van der Waals surface area contributed by atoms with Gasteiger partial charge < -0.3 is 16.0 Å². The van der Waals surface area contributed by atoms with E-state index in [9.17, 15) is 0 Å². The molecule has 1 aromatic heterocycles. The molecule has 0 aliphatic rings. The van der Waals surface area contributed by atoms with Gasteiger partial charge in [0.25, 0.3) is 0 Å². The van der Waals surface area contributed by atoms with Gasteiger partial charge in [0.05, 0.1) is 12.1 Å². The molecule has 0 aliphatic carbocycles. The molecule has 0 atom stereocenters. The maximum Gasteiger partial charge on any atom is 0.191 e. The van der Waals surface area contributed by atoms with Crippen LogP contribution in [0.25, 0.3) is 10.9 Å². The number of aromatic nitrogens is 1. The molecule has 0 spiro atoms. The van der Waals surface area contributed by atoms with Crippen LogP contribution in [0.5, 0.6) is 0 Å². The van der Waals surface area contributed by atoms with E-state index < -0.39 is 0 Å². The van der Waals surface area contributed by atoms with E-state index in [4.69, 9.17) is 4.99 Å². The minimum absolute atomic E-state index is 0. The van der Waals surface area contributed by atoms with Gasteiger partial charge in [-0.2, -0.15) is 0 Å². The lowest BCUT2D eigenvalue weighted by Gasteiger charge is -2.21. The highest BCUT2D eigenvalue weighted by Gasteiger charge is 2.07. The number of halogens is 1. The van der Waals surface area contributed by atoms with Crippen LogP contribution in [0.2, 0.25) is 0 Å². The minimum Gasteiger partial charge on any atom is -0.357 e. The van der Waals surface area contributed by atoms with Crippen LogP contribution in [-0.4, -0.2) is 36.1 Å². The van der Waals surface area contributed by atoms with Crippen LogP contribution in [0.3, 0.4) is 0 Å². The summed E-state index contributed by atoms with van der Waals surface area (Å²) in [5.41, 5.74) is 2.33. The van der Waals surface area contributed by atoms with Gasteiger partial charge in [-0.25, -0.2) is 4.99 Å². The Morgan fingerprint density at radius 3 is 2.56 bits per heavy atom. The van der Waals surface area contributed by atoms with Crippen molar-refractivity contribution in [3.05, 3.63) is 42.1 Å². The first-order chi connectivity index (χ1) is 11.5. The van der Waals surface area contributed by atoms with Crippen LogP contribution >= 0.6 is 24.0 Å². The standard InChI is InChI=1S/C19H29N5.HI/c1-5-20-18(22-12-13-24-19(2,3)4)23-14-15-10-11-21-17-9-7-6-8-16(15)17;/h6-11,24H,5,12-14H2,1-4H3,(H2,20,22,23);1H. The number of fused-ring (bicyclic) bond motifs is 1. The molecule has 0 unspecified atom stereocenters. The molecule has 0 amide bonds. The molecule has 2 rings (SSSR count). The molecular weight excluding hydrogens is 425 g/mol. The van der Waals surface area contributed by atoms with E-state index >= 15 is 0 Å². The van der Waals surface area contributed by atoms with Crippen LogP contribution in [-0.2, 0) is 6.54 Å². The molecule has 6 heteroatoms. The van der Waals surface area contributed by atoms with Gasteiger partial charge in [0.15, 0.2) is 5.96 Å². The van der Waals surface area contributed by atoms with Crippen molar-refractivity contribution in [3.63, 3.8) is 0 Å². The number of para-hydroxylation sites is 1. The third kappa shape index (κ3) is 7.56. The van der Waals surface area contributed by atoms with Gasteiger partial charge in [-0.3, -0.25) is 4.98 Å². The predicted molar refractivity (Wildman–Crippen MR) is 118 cm³/mol. The Kier molecular flexibility index (Phi) is 9.13. The lowest BCUT2D eigenvalue weighted by atomic mass is 10.1. The van der Waals surface area contributed by atoms with Crippen molar-refractivity contribution in [1.29, 1.82) is 0 Å². The van der Waals surface area contributed by atoms with Crippen molar-refractivity contribution in [1.82, 2.24) is 20.9 Å². The van der Waals surface area contributed by atoms with Gasteiger partial charge in [-0.05, 0) is 45.4 Å². The van der Waals surface area contributed by atoms with Crippen LogP contribution in [0.1, 0.15) is 33.3 Å². The first-order valence-corrected chi connectivity index (χ1v) is 8.59. The lowest BCUT2D eigenvalue weighted by molar-refractivity contribution is 0.428.